The zero-order valence-electron chi connectivity index (χ0n) is 14.7. The molecule has 0 aliphatic carbocycles. The maximum atomic E-state index is 12.3. The highest BCUT2D eigenvalue weighted by molar-refractivity contribution is 5.68. The van der Waals surface area contributed by atoms with E-state index in [1.165, 1.54) is 0 Å². The molecule has 2 rings (SSSR count). The molecule has 23 heavy (non-hydrogen) atoms. The standard InChI is InChI=1S/C18H29N3O2/c1-14(16-10-5-7-11-19-16)20-15-9-6-8-12-21(13-15)17(22)23-18(2,3)4/h5,7,10-11,14-15,20H,6,8-9,12-13H2,1-4H3. The number of nitrogens with zero attached hydrogens (tertiary/aromatic N) is 2. The monoisotopic (exact) mass is 319 g/mol. The van der Waals surface area contributed by atoms with Gasteiger partial charge in [0.2, 0.25) is 0 Å². The van der Waals surface area contributed by atoms with Crippen LogP contribution in [0.5, 0.6) is 0 Å². The van der Waals surface area contributed by atoms with E-state index < -0.39 is 5.60 Å². The van der Waals surface area contributed by atoms with Gasteiger partial charge in [-0.1, -0.05) is 12.5 Å². The normalized spacial score (nSPS) is 20.7. The van der Waals surface area contributed by atoms with Gasteiger partial charge in [-0.2, -0.15) is 0 Å². The Balaban J connectivity index is 1.95. The van der Waals surface area contributed by atoms with E-state index in [0.717, 1.165) is 31.5 Å². The average Bonchev–Trinajstić information content (AvgIpc) is 2.72. The van der Waals surface area contributed by atoms with E-state index in [2.05, 4.69) is 17.2 Å². The molecule has 5 nitrogen and oxygen atoms in total. The van der Waals surface area contributed by atoms with Gasteiger partial charge in [-0.15, -0.1) is 0 Å². The molecule has 0 bridgehead atoms. The summed E-state index contributed by atoms with van der Waals surface area (Å²) in [6.07, 6.45) is 4.81. The highest BCUT2D eigenvalue weighted by Crippen LogP contribution is 2.18. The molecule has 0 spiro atoms. The Morgan fingerprint density at radius 3 is 2.83 bits per heavy atom. The predicted octanol–water partition coefficient (Wildman–Crippen LogP) is 3.52. The molecule has 1 fully saturated rings. The van der Waals surface area contributed by atoms with Gasteiger partial charge in [-0.05, 0) is 52.7 Å². The summed E-state index contributed by atoms with van der Waals surface area (Å²) in [5, 5.41) is 3.61. The predicted molar refractivity (Wildman–Crippen MR) is 91.2 cm³/mol. The number of aromatic nitrogens is 1. The van der Waals surface area contributed by atoms with Crippen LogP contribution in [0.4, 0.5) is 4.79 Å². The van der Waals surface area contributed by atoms with Crippen molar-refractivity contribution in [2.75, 3.05) is 13.1 Å². The third kappa shape index (κ3) is 5.82. The third-order valence-corrected chi connectivity index (χ3v) is 3.94. The summed E-state index contributed by atoms with van der Waals surface area (Å²) in [6, 6.07) is 6.38. The van der Waals surface area contributed by atoms with Crippen LogP contribution in [-0.4, -0.2) is 40.7 Å². The zero-order chi connectivity index (χ0) is 16.9. The number of nitrogens with one attached hydrogen (secondary N) is 1. The van der Waals surface area contributed by atoms with Crippen molar-refractivity contribution < 1.29 is 9.53 Å². The fraction of sp³-hybridized carbons (Fsp3) is 0.667. The number of carbonyl (C=O) groups is 1. The maximum absolute atomic E-state index is 12.3. The van der Waals surface area contributed by atoms with Gasteiger partial charge < -0.3 is 15.0 Å². The smallest absolute Gasteiger partial charge is 0.410 e. The summed E-state index contributed by atoms with van der Waals surface area (Å²) in [4.78, 5) is 18.6. The molecule has 0 radical (unpaired) electrons. The summed E-state index contributed by atoms with van der Waals surface area (Å²) in [5.41, 5.74) is 0.577. The Bertz CT molecular complexity index is 499. The van der Waals surface area contributed by atoms with Crippen LogP contribution in [-0.2, 0) is 4.74 Å². The number of rotatable bonds is 3. The van der Waals surface area contributed by atoms with E-state index in [0.29, 0.717) is 6.54 Å². The number of ether oxygens (including phenoxy) is 1. The lowest BCUT2D eigenvalue weighted by Gasteiger charge is -2.29. The van der Waals surface area contributed by atoms with Crippen LogP contribution in [0.2, 0.25) is 0 Å². The van der Waals surface area contributed by atoms with Gasteiger partial charge >= 0.3 is 6.09 Å². The van der Waals surface area contributed by atoms with E-state index in [1.54, 1.807) is 0 Å². The van der Waals surface area contributed by atoms with Crippen molar-refractivity contribution in [3.05, 3.63) is 30.1 Å². The lowest BCUT2D eigenvalue weighted by Crippen LogP contribution is -2.45. The van der Waals surface area contributed by atoms with Crippen LogP contribution in [0.15, 0.2) is 24.4 Å². The average molecular weight is 319 g/mol. The summed E-state index contributed by atoms with van der Waals surface area (Å²) in [6.45, 7) is 9.28. The molecule has 128 valence electrons. The minimum atomic E-state index is -0.451. The van der Waals surface area contributed by atoms with Crippen molar-refractivity contribution in [3.63, 3.8) is 0 Å². The quantitative estimate of drug-likeness (QED) is 0.926. The molecule has 1 aliphatic heterocycles. The Morgan fingerprint density at radius 1 is 1.39 bits per heavy atom. The number of hydrogen-bond donors (Lipinski definition) is 1. The van der Waals surface area contributed by atoms with Crippen molar-refractivity contribution >= 4 is 6.09 Å². The van der Waals surface area contributed by atoms with E-state index >= 15 is 0 Å². The van der Waals surface area contributed by atoms with Crippen molar-refractivity contribution in [3.8, 4) is 0 Å². The molecular formula is C18H29N3O2. The second kappa shape index (κ2) is 7.77. The van der Waals surface area contributed by atoms with Gasteiger partial charge in [0.25, 0.3) is 0 Å². The van der Waals surface area contributed by atoms with Crippen LogP contribution in [0.3, 0.4) is 0 Å². The lowest BCUT2D eigenvalue weighted by atomic mass is 10.1. The molecular weight excluding hydrogens is 290 g/mol. The van der Waals surface area contributed by atoms with E-state index in [1.807, 2.05) is 50.1 Å². The topological polar surface area (TPSA) is 54.5 Å². The van der Waals surface area contributed by atoms with E-state index in [9.17, 15) is 4.79 Å². The lowest BCUT2D eigenvalue weighted by molar-refractivity contribution is 0.0242. The number of amides is 1. The SMILES string of the molecule is CC(NC1CCCCN(C(=O)OC(C)(C)C)C1)c1ccccn1. The summed E-state index contributed by atoms with van der Waals surface area (Å²) < 4.78 is 5.52. The molecule has 1 N–H and O–H groups in total. The summed E-state index contributed by atoms with van der Waals surface area (Å²) in [7, 11) is 0. The third-order valence-electron chi connectivity index (χ3n) is 3.94. The van der Waals surface area contributed by atoms with Crippen LogP contribution in [0.25, 0.3) is 0 Å². The molecule has 2 atom stereocenters. The molecule has 5 heteroatoms. The van der Waals surface area contributed by atoms with Gasteiger partial charge in [0.1, 0.15) is 5.60 Å². The zero-order valence-corrected chi connectivity index (χ0v) is 14.7. The number of pyridine rings is 1. The van der Waals surface area contributed by atoms with Gasteiger partial charge in [0, 0.05) is 31.4 Å². The highest BCUT2D eigenvalue weighted by atomic mass is 16.6. The van der Waals surface area contributed by atoms with Crippen LogP contribution < -0.4 is 5.32 Å². The number of carbonyl (C=O) groups excluding carboxylic acids is 1. The number of hydrogen-bond acceptors (Lipinski definition) is 4. The molecule has 2 heterocycles. The Labute approximate surface area is 139 Å². The van der Waals surface area contributed by atoms with Gasteiger partial charge in [-0.25, -0.2) is 4.79 Å². The fourth-order valence-electron chi connectivity index (χ4n) is 2.84. The van der Waals surface area contributed by atoms with Crippen LogP contribution in [0.1, 0.15) is 58.7 Å². The molecule has 2 unspecified atom stereocenters. The van der Waals surface area contributed by atoms with Crippen LogP contribution >= 0.6 is 0 Å². The first-order chi connectivity index (χ1) is 10.8. The van der Waals surface area contributed by atoms with Crippen molar-refractivity contribution in [1.82, 2.24) is 15.2 Å². The van der Waals surface area contributed by atoms with Gasteiger partial charge in [0.05, 0.1) is 5.69 Å². The van der Waals surface area contributed by atoms with E-state index in [-0.39, 0.29) is 18.2 Å². The summed E-state index contributed by atoms with van der Waals surface area (Å²) >= 11 is 0. The first-order valence-corrected chi connectivity index (χ1v) is 8.50. The minimum absolute atomic E-state index is 0.166. The Hall–Kier alpha value is -1.62. The van der Waals surface area contributed by atoms with Gasteiger partial charge in [0.15, 0.2) is 0 Å². The molecule has 0 aromatic carbocycles. The molecule has 1 amide bonds. The molecule has 1 aromatic rings. The number of likely N-dealkylation sites (tertiary alicyclic amines) is 1. The maximum Gasteiger partial charge on any atom is 0.410 e. The molecule has 1 aliphatic rings. The van der Waals surface area contributed by atoms with E-state index in [4.69, 9.17) is 4.74 Å². The van der Waals surface area contributed by atoms with Crippen molar-refractivity contribution in [1.29, 1.82) is 0 Å². The highest BCUT2D eigenvalue weighted by Gasteiger charge is 2.27. The Kier molecular flexibility index (Phi) is 5.99. The first kappa shape index (κ1) is 17.7. The fourth-order valence-corrected chi connectivity index (χ4v) is 2.84. The van der Waals surface area contributed by atoms with Crippen molar-refractivity contribution in [2.45, 2.75) is 64.6 Å². The second-order valence-electron chi connectivity index (χ2n) is 7.26. The summed E-state index contributed by atoms with van der Waals surface area (Å²) in [5.74, 6) is 0. The Morgan fingerprint density at radius 2 is 2.17 bits per heavy atom. The second-order valence-corrected chi connectivity index (χ2v) is 7.26. The molecule has 0 saturated carbocycles. The molecule has 1 aromatic heterocycles. The van der Waals surface area contributed by atoms with Crippen LogP contribution in [0, 0.1) is 0 Å². The molecule has 1 saturated heterocycles. The largest absolute Gasteiger partial charge is 0.444 e. The van der Waals surface area contributed by atoms with Gasteiger partial charge in [-0.3, -0.25) is 4.98 Å². The van der Waals surface area contributed by atoms with Crippen molar-refractivity contribution in [2.24, 2.45) is 0 Å². The first-order valence-electron chi connectivity index (χ1n) is 8.50. The minimum Gasteiger partial charge on any atom is -0.444 e.